The molecule has 1 atom stereocenters. The van der Waals surface area contributed by atoms with Crippen LogP contribution in [0, 0.1) is 0 Å². The molecule has 0 radical (unpaired) electrons. The molecule has 0 saturated carbocycles. The Bertz CT molecular complexity index is 1790. The van der Waals surface area contributed by atoms with E-state index < -0.39 is 6.10 Å². The molecule has 0 aromatic rings. The Balaban J connectivity index is 4.61. The van der Waals surface area contributed by atoms with Crippen LogP contribution in [-0.2, 0) is 28.6 Å². The maximum Gasteiger partial charge on any atom is 0.306 e. The third-order valence-corrected chi connectivity index (χ3v) is 12.2. The van der Waals surface area contributed by atoms with Crippen LogP contribution in [0.2, 0.25) is 0 Å². The minimum absolute atomic E-state index is 0.122. The largest absolute Gasteiger partial charge is 0.462 e. The fraction of sp³-hybridized carbons (Fsp3) is 0.563. The molecule has 0 aromatic carbocycles. The molecule has 0 spiro atoms. The van der Waals surface area contributed by atoms with E-state index in [1.165, 1.54) is 51.4 Å². The number of hydrogen-bond donors (Lipinski definition) is 0. The number of esters is 3. The van der Waals surface area contributed by atoms with Gasteiger partial charge < -0.3 is 14.2 Å². The Morgan fingerprint density at radius 3 is 0.818 bits per heavy atom. The van der Waals surface area contributed by atoms with Crippen molar-refractivity contribution in [2.24, 2.45) is 0 Å². The lowest BCUT2D eigenvalue weighted by Crippen LogP contribution is -2.30. The summed E-state index contributed by atoms with van der Waals surface area (Å²) in [6, 6.07) is 0. The molecule has 0 N–H and O–H groups in total. The summed E-state index contributed by atoms with van der Waals surface area (Å²) in [6.45, 7) is 6.30. The highest BCUT2D eigenvalue weighted by molar-refractivity contribution is 5.71. The van der Waals surface area contributed by atoms with Gasteiger partial charge in [-0.2, -0.15) is 0 Å². The van der Waals surface area contributed by atoms with Crippen molar-refractivity contribution in [1.82, 2.24) is 0 Å². The maximum absolute atomic E-state index is 12.9. The molecule has 1 unspecified atom stereocenters. The van der Waals surface area contributed by atoms with Crippen molar-refractivity contribution in [2.45, 2.75) is 245 Å². The maximum atomic E-state index is 12.9. The fourth-order valence-corrected chi connectivity index (χ4v) is 7.65. The van der Waals surface area contributed by atoms with E-state index in [0.29, 0.717) is 19.3 Å². The van der Waals surface area contributed by atoms with Crippen LogP contribution in [0.3, 0.4) is 0 Å². The van der Waals surface area contributed by atoms with Crippen LogP contribution in [0.5, 0.6) is 0 Å². The smallest absolute Gasteiger partial charge is 0.306 e. The lowest BCUT2D eigenvalue weighted by Gasteiger charge is -2.18. The van der Waals surface area contributed by atoms with Gasteiger partial charge in [-0.15, -0.1) is 0 Å². The molecular weight excluding hydrogens is 949 g/mol. The highest BCUT2D eigenvalue weighted by Crippen LogP contribution is 2.13. The minimum Gasteiger partial charge on any atom is -0.462 e. The van der Waals surface area contributed by atoms with Crippen molar-refractivity contribution in [2.75, 3.05) is 13.2 Å². The van der Waals surface area contributed by atoms with Crippen LogP contribution in [-0.4, -0.2) is 37.2 Å². The van der Waals surface area contributed by atoms with Gasteiger partial charge in [0, 0.05) is 19.3 Å². The number of rotatable bonds is 53. The molecule has 0 fully saturated rings. The first-order valence-electron chi connectivity index (χ1n) is 30.6. The lowest BCUT2D eigenvalue weighted by molar-refractivity contribution is -0.167. The van der Waals surface area contributed by atoms with Crippen molar-refractivity contribution in [3.8, 4) is 0 Å². The molecular formula is C71H110O6. The van der Waals surface area contributed by atoms with Crippen molar-refractivity contribution >= 4 is 17.9 Å². The normalized spacial score (nSPS) is 13.3. The fourth-order valence-electron chi connectivity index (χ4n) is 7.65. The number of carbonyl (C=O) groups is 3. The molecule has 6 nitrogen and oxygen atoms in total. The number of unbranched alkanes of at least 4 members (excludes halogenated alkanes) is 14. The topological polar surface area (TPSA) is 78.9 Å². The average molecular weight is 1060 g/mol. The van der Waals surface area contributed by atoms with Crippen LogP contribution in [0.15, 0.2) is 170 Å². The number of allylic oxidation sites excluding steroid dienone is 28. The van der Waals surface area contributed by atoms with E-state index in [9.17, 15) is 14.4 Å². The molecule has 0 rings (SSSR count). The van der Waals surface area contributed by atoms with E-state index in [0.717, 1.165) is 135 Å². The van der Waals surface area contributed by atoms with Gasteiger partial charge in [0.05, 0.1) is 0 Å². The van der Waals surface area contributed by atoms with Crippen molar-refractivity contribution < 1.29 is 28.6 Å². The standard InChI is InChI=1S/C71H110O6/c1-4-7-10-13-16-19-22-25-28-31-33-35-37-40-43-46-49-52-55-58-61-64-70(73)76-67-68(66-75-69(72)63-60-57-54-51-48-45-42-39-30-27-24-21-18-15-12-9-6-3)77-71(74)65-62-59-56-53-50-47-44-41-38-36-34-32-29-26-23-20-17-14-11-8-5-2/h7-8,10-11,16-21,25-30,33-36,40-41,43-44,49-50,52-53,68H,4-6,9,12-15,22-24,31-32,37-39,42,45-48,51,54-67H2,1-3H3/b10-7-,11-8-,19-16-,20-17-,21-18-,28-25-,29-26-,30-27-,35-33-,36-34-,43-40-,44-41-,52-49-,53-50-. The van der Waals surface area contributed by atoms with Gasteiger partial charge in [-0.25, -0.2) is 0 Å². The zero-order chi connectivity index (χ0) is 55.7. The molecule has 0 aromatic heterocycles. The summed E-state index contributed by atoms with van der Waals surface area (Å²) < 4.78 is 16.8. The monoisotopic (exact) mass is 1060 g/mol. The summed E-state index contributed by atoms with van der Waals surface area (Å²) in [5, 5.41) is 0. The number of ether oxygens (including phenoxy) is 3. The Kier molecular flexibility index (Phi) is 59.0. The second-order valence-electron chi connectivity index (χ2n) is 19.5. The van der Waals surface area contributed by atoms with Crippen LogP contribution in [0.4, 0.5) is 0 Å². The van der Waals surface area contributed by atoms with Crippen LogP contribution in [0.25, 0.3) is 0 Å². The predicted molar refractivity (Wildman–Crippen MR) is 334 cm³/mol. The highest BCUT2D eigenvalue weighted by Gasteiger charge is 2.19. The molecule has 0 saturated heterocycles. The summed E-state index contributed by atoms with van der Waals surface area (Å²) in [6.07, 6.45) is 93.4. The molecule has 6 heteroatoms. The summed E-state index contributed by atoms with van der Waals surface area (Å²) in [5.41, 5.74) is 0. The van der Waals surface area contributed by atoms with Crippen molar-refractivity contribution in [1.29, 1.82) is 0 Å². The molecule has 0 aliphatic rings. The molecule has 0 aliphatic carbocycles. The zero-order valence-electron chi connectivity index (χ0n) is 49.1. The number of carbonyl (C=O) groups excluding carboxylic acids is 3. The van der Waals surface area contributed by atoms with E-state index in [4.69, 9.17) is 14.2 Å². The quantitative estimate of drug-likeness (QED) is 0.0261. The molecule has 0 bridgehead atoms. The summed E-state index contributed by atoms with van der Waals surface area (Å²) in [7, 11) is 0. The SMILES string of the molecule is CC/C=C\C/C=C\C/C=C\C/C=C\C/C=C\C/C=C\CCCCC(=O)OCC(COC(=O)CCCCCCCCC/C=C\C/C=C\CCCCC)OC(=O)CCCC/C=C\C/C=C\C/C=C\C/C=C\C/C=C\C/C=C\CC. The van der Waals surface area contributed by atoms with Gasteiger partial charge in [0.15, 0.2) is 6.10 Å². The Morgan fingerprint density at radius 2 is 0.506 bits per heavy atom. The Hall–Kier alpha value is -5.23. The van der Waals surface area contributed by atoms with Crippen molar-refractivity contribution in [3.05, 3.63) is 170 Å². The van der Waals surface area contributed by atoms with Crippen LogP contribution < -0.4 is 0 Å². The van der Waals surface area contributed by atoms with Gasteiger partial charge in [0.25, 0.3) is 0 Å². The van der Waals surface area contributed by atoms with Crippen molar-refractivity contribution in [3.63, 3.8) is 0 Å². The number of hydrogen-bond acceptors (Lipinski definition) is 6. The second kappa shape index (κ2) is 63.3. The second-order valence-corrected chi connectivity index (χ2v) is 19.5. The summed E-state index contributed by atoms with van der Waals surface area (Å²) >= 11 is 0. The third kappa shape index (κ3) is 61.5. The zero-order valence-corrected chi connectivity index (χ0v) is 49.1. The molecule has 77 heavy (non-hydrogen) atoms. The van der Waals surface area contributed by atoms with E-state index >= 15 is 0 Å². The Morgan fingerprint density at radius 1 is 0.273 bits per heavy atom. The minimum atomic E-state index is -0.834. The van der Waals surface area contributed by atoms with Gasteiger partial charge in [-0.3, -0.25) is 14.4 Å². The average Bonchev–Trinajstić information content (AvgIpc) is 3.43. The van der Waals surface area contributed by atoms with E-state index in [-0.39, 0.29) is 44.0 Å². The highest BCUT2D eigenvalue weighted by atomic mass is 16.6. The third-order valence-electron chi connectivity index (χ3n) is 12.2. The van der Waals surface area contributed by atoms with Crippen LogP contribution in [0.1, 0.15) is 239 Å². The van der Waals surface area contributed by atoms with Crippen LogP contribution >= 0.6 is 0 Å². The van der Waals surface area contributed by atoms with E-state index in [1.54, 1.807) is 0 Å². The first-order valence-corrected chi connectivity index (χ1v) is 30.6. The Labute approximate surface area is 472 Å². The molecule has 0 aliphatic heterocycles. The van der Waals surface area contributed by atoms with Gasteiger partial charge in [0.1, 0.15) is 13.2 Å². The predicted octanol–water partition coefficient (Wildman–Crippen LogP) is 21.1. The van der Waals surface area contributed by atoms with Gasteiger partial charge >= 0.3 is 17.9 Å². The molecule has 430 valence electrons. The summed E-state index contributed by atoms with van der Waals surface area (Å²) in [4.78, 5) is 38.3. The van der Waals surface area contributed by atoms with Gasteiger partial charge in [0.2, 0.25) is 0 Å². The van der Waals surface area contributed by atoms with Gasteiger partial charge in [-0.1, -0.05) is 236 Å². The van der Waals surface area contributed by atoms with E-state index in [2.05, 4.69) is 191 Å². The summed E-state index contributed by atoms with van der Waals surface area (Å²) in [5.74, 6) is -1.03. The van der Waals surface area contributed by atoms with Gasteiger partial charge in [-0.05, 0) is 154 Å². The molecule has 0 heterocycles. The van der Waals surface area contributed by atoms with E-state index in [1.807, 2.05) is 0 Å². The first-order chi connectivity index (χ1) is 38.0. The first kappa shape index (κ1) is 71.8. The molecule has 0 amide bonds. The lowest BCUT2D eigenvalue weighted by atomic mass is 10.1.